The van der Waals surface area contributed by atoms with Gasteiger partial charge in [0.05, 0.1) is 31.3 Å². The lowest BCUT2D eigenvalue weighted by Gasteiger charge is -2.60. The van der Waals surface area contributed by atoms with Crippen molar-refractivity contribution in [3.8, 4) is 0 Å². The average molecular weight is 579 g/mol. The largest absolute Gasteiger partial charge is 0.481 e. The van der Waals surface area contributed by atoms with Crippen LogP contribution >= 0.6 is 0 Å². The summed E-state index contributed by atoms with van der Waals surface area (Å²) in [6.07, 6.45) is -4.21. The number of fused-ring (bicyclic) bond motifs is 4. The molecular weight excluding hydrogens is 544 g/mol. The van der Waals surface area contributed by atoms with Crippen LogP contribution < -0.4 is 0 Å². The smallest absolute Gasteiger partial charge is 0.338 e. The maximum atomic E-state index is 12.9. The van der Waals surface area contributed by atoms with Crippen LogP contribution in [0.1, 0.15) is 65.7 Å². The molecule has 6 rings (SSSR count). The van der Waals surface area contributed by atoms with Crippen molar-refractivity contribution < 1.29 is 63.0 Å². The zero-order valence-electron chi connectivity index (χ0n) is 23.0. The SMILES string of the molecule is CC(C)[C@]12O[C@H]1[C@@H]1O[C@@]13[C@@]1(C)C[C@H](OC(=O)CCC(=O)O)C4=C(COC4=O)[C@@H]1CC[C@@]3(O)[C@@H]2OC(=O)CCC(=O)O. The Bertz CT molecular complexity index is 1270. The Morgan fingerprint density at radius 1 is 0.976 bits per heavy atom. The first-order valence-electron chi connectivity index (χ1n) is 14.0. The maximum Gasteiger partial charge on any atom is 0.338 e. The number of epoxide rings is 2. The van der Waals surface area contributed by atoms with E-state index in [0.29, 0.717) is 12.0 Å². The Balaban J connectivity index is 1.37. The molecule has 3 heterocycles. The lowest BCUT2D eigenvalue weighted by Crippen LogP contribution is -2.75. The van der Waals surface area contributed by atoms with Crippen molar-refractivity contribution in [2.75, 3.05) is 6.61 Å². The molecule has 0 radical (unpaired) electrons. The van der Waals surface area contributed by atoms with Crippen LogP contribution in [0, 0.1) is 17.3 Å². The van der Waals surface area contributed by atoms with E-state index in [9.17, 15) is 29.1 Å². The lowest BCUT2D eigenvalue weighted by molar-refractivity contribution is -0.234. The normalized spacial score (nSPS) is 43.0. The third-order valence-electron chi connectivity index (χ3n) is 10.4. The summed E-state index contributed by atoms with van der Waals surface area (Å²) in [4.78, 5) is 60.3. The van der Waals surface area contributed by atoms with Gasteiger partial charge in [-0.25, -0.2) is 4.79 Å². The summed E-state index contributed by atoms with van der Waals surface area (Å²) in [6, 6.07) is 0. The van der Waals surface area contributed by atoms with E-state index in [1.165, 1.54) is 0 Å². The number of rotatable bonds is 9. The second kappa shape index (κ2) is 8.98. The number of hydrogen-bond donors (Lipinski definition) is 3. The Labute approximate surface area is 235 Å². The first-order valence-corrected chi connectivity index (χ1v) is 14.0. The molecule has 41 heavy (non-hydrogen) atoms. The van der Waals surface area contributed by atoms with E-state index in [-0.39, 0.29) is 49.7 Å². The van der Waals surface area contributed by atoms with Gasteiger partial charge in [-0.15, -0.1) is 0 Å². The Hall–Kier alpha value is -3.03. The fraction of sp³-hybridized carbons (Fsp3) is 0.750. The molecule has 3 N–H and O–H groups in total. The van der Waals surface area contributed by atoms with Crippen molar-refractivity contribution in [1.29, 1.82) is 0 Å². The van der Waals surface area contributed by atoms with Gasteiger partial charge >= 0.3 is 29.8 Å². The molecule has 6 aliphatic rings. The molecule has 2 saturated carbocycles. The van der Waals surface area contributed by atoms with Crippen molar-refractivity contribution in [3.05, 3.63) is 11.1 Å². The standard InChI is InChI=1S/C28H34O13/c1-12(2)27-21(40-27)22-28(41-22)25(3)10-15(38-18(33)6-4-16(29)30)20-13(11-37-23(20)35)14(25)8-9-26(28,36)24(27)39-19(34)7-5-17(31)32/h12,14-15,21-22,24,36H,4-11H2,1-3H3,(H,29,30)(H,31,32)/t14-,15-,21-,22-,24-,25-,26+,27-,28+/m0/s1. The maximum absolute atomic E-state index is 12.9. The summed E-state index contributed by atoms with van der Waals surface area (Å²) in [5.41, 5.74) is -4.03. The number of aliphatic carboxylic acids is 2. The first kappa shape index (κ1) is 28.1. The van der Waals surface area contributed by atoms with Crippen molar-refractivity contribution in [2.45, 2.75) is 107 Å². The highest BCUT2D eigenvalue weighted by Crippen LogP contribution is 2.78. The van der Waals surface area contributed by atoms with Crippen LogP contribution in [0.25, 0.3) is 0 Å². The van der Waals surface area contributed by atoms with Crippen molar-refractivity contribution in [2.24, 2.45) is 17.3 Å². The van der Waals surface area contributed by atoms with E-state index in [1.807, 2.05) is 20.8 Å². The minimum absolute atomic E-state index is 0.000236. The number of hydrogen-bond acceptors (Lipinski definition) is 11. The Kier molecular flexibility index (Phi) is 6.16. The third kappa shape index (κ3) is 3.67. The second-order valence-electron chi connectivity index (χ2n) is 12.6. The molecule has 0 aromatic heterocycles. The minimum atomic E-state index is -1.72. The van der Waals surface area contributed by atoms with Crippen LogP contribution in [0.4, 0.5) is 0 Å². The predicted molar refractivity (Wildman–Crippen MR) is 132 cm³/mol. The fourth-order valence-electron chi connectivity index (χ4n) is 8.55. The van der Waals surface area contributed by atoms with Gasteiger partial charge in [-0.1, -0.05) is 20.8 Å². The monoisotopic (exact) mass is 578 g/mol. The van der Waals surface area contributed by atoms with Gasteiger partial charge in [0.15, 0.2) is 6.10 Å². The molecule has 13 nitrogen and oxygen atoms in total. The lowest BCUT2D eigenvalue weighted by atomic mass is 9.45. The molecule has 13 heteroatoms. The number of aliphatic hydroxyl groups is 1. The van der Waals surface area contributed by atoms with Gasteiger partial charge in [0.1, 0.15) is 41.7 Å². The first-order chi connectivity index (χ1) is 19.2. The molecule has 0 aromatic rings. The van der Waals surface area contributed by atoms with Crippen LogP contribution in [0.5, 0.6) is 0 Å². The molecule has 0 aromatic carbocycles. The molecule has 3 aliphatic heterocycles. The van der Waals surface area contributed by atoms with Gasteiger partial charge in [-0.05, 0) is 36.7 Å². The van der Waals surface area contributed by atoms with E-state index in [1.54, 1.807) is 0 Å². The molecule has 9 atom stereocenters. The van der Waals surface area contributed by atoms with Gasteiger partial charge in [0.2, 0.25) is 0 Å². The molecule has 1 spiro atoms. The summed E-state index contributed by atoms with van der Waals surface area (Å²) >= 11 is 0. The number of carbonyl (C=O) groups excluding carboxylic acids is 3. The van der Waals surface area contributed by atoms with Gasteiger partial charge < -0.3 is 39.0 Å². The molecule has 0 bridgehead atoms. The molecule has 0 unspecified atom stereocenters. The molecule has 2 saturated heterocycles. The van der Waals surface area contributed by atoms with Crippen molar-refractivity contribution in [1.82, 2.24) is 0 Å². The van der Waals surface area contributed by atoms with Crippen LogP contribution in [-0.2, 0) is 47.7 Å². The molecular formula is C28H34O13. The van der Waals surface area contributed by atoms with E-state index in [0.717, 1.165) is 0 Å². The van der Waals surface area contributed by atoms with Gasteiger partial charge in [0, 0.05) is 5.41 Å². The average Bonchev–Trinajstić information content (AvgIpc) is 3.78. The summed E-state index contributed by atoms with van der Waals surface area (Å²) < 4.78 is 29.7. The molecule has 224 valence electrons. The van der Waals surface area contributed by atoms with E-state index < -0.39 is 89.3 Å². The minimum Gasteiger partial charge on any atom is -0.481 e. The summed E-state index contributed by atoms with van der Waals surface area (Å²) in [7, 11) is 0. The van der Waals surface area contributed by atoms with Crippen LogP contribution in [0.15, 0.2) is 11.1 Å². The zero-order chi connectivity index (χ0) is 29.7. The summed E-state index contributed by atoms with van der Waals surface area (Å²) in [6.45, 7) is 5.70. The highest BCUT2D eigenvalue weighted by molar-refractivity contribution is 5.94. The second-order valence-corrected chi connectivity index (χ2v) is 12.6. The van der Waals surface area contributed by atoms with Crippen LogP contribution in [-0.4, -0.2) is 93.0 Å². The fourth-order valence-corrected chi connectivity index (χ4v) is 8.55. The number of ether oxygens (including phenoxy) is 5. The number of carbonyl (C=O) groups is 5. The quantitative estimate of drug-likeness (QED) is 0.198. The van der Waals surface area contributed by atoms with E-state index in [4.69, 9.17) is 33.9 Å². The van der Waals surface area contributed by atoms with Crippen LogP contribution in [0.3, 0.4) is 0 Å². The number of cyclic esters (lactones) is 1. The number of esters is 3. The highest BCUT2D eigenvalue weighted by Gasteiger charge is 2.95. The molecule has 3 aliphatic carbocycles. The summed E-state index contributed by atoms with van der Waals surface area (Å²) in [5.74, 6) is -4.91. The molecule has 0 amide bonds. The van der Waals surface area contributed by atoms with E-state index in [2.05, 4.69) is 0 Å². The topological polar surface area (TPSA) is 199 Å². The van der Waals surface area contributed by atoms with Crippen molar-refractivity contribution in [3.63, 3.8) is 0 Å². The Morgan fingerprint density at radius 3 is 2.22 bits per heavy atom. The molecule has 4 fully saturated rings. The zero-order valence-corrected chi connectivity index (χ0v) is 23.0. The third-order valence-corrected chi connectivity index (χ3v) is 10.4. The van der Waals surface area contributed by atoms with Gasteiger partial charge in [0.25, 0.3) is 0 Å². The number of carboxylic acid groups (broad SMARTS) is 2. The highest BCUT2D eigenvalue weighted by atomic mass is 16.7. The van der Waals surface area contributed by atoms with Crippen LogP contribution in [0.2, 0.25) is 0 Å². The number of carboxylic acids is 2. The van der Waals surface area contributed by atoms with Crippen molar-refractivity contribution >= 4 is 29.8 Å². The van der Waals surface area contributed by atoms with Gasteiger partial charge in [-0.2, -0.15) is 0 Å². The Morgan fingerprint density at radius 2 is 1.61 bits per heavy atom. The predicted octanol–water partition coefficient (Wildman–Crippen LogP) is 0.889. The summed E-state index contributed by atoms with van der Waals surface area (Å²) in [5, 5.41) is 30.6. The van der Waals surface area contributed by atoms with Gasteiger partial charge in [-0.3, -0.25) is 19.2 Å². The van der Waals surface area contributed by atoms with E-state index >= 15 is 0 Å².